The molecule has 3 rings (SSSR count). The molecule has 0 bridgehead atoms. The van der Waals surface area contributed by atoms with Crippen molar-refractivity contribution in [1.29, 1.82) is 0 Å². The number of hydrogen-bond acceptors (Lipinski definition) is 6. The van der Waals surface area contributed by atoms with E-state index in [4.69, 9.17) is 0 Å². The molecule has 0 radical (unpaired) electrons. The van der Waals surface area contributed by atoms with E-state index >= 15 is 0 Å². The van der Waals surface area contributed by atoms with Gasteiger partial charge in [0.2, 0.25) is 0 Å². The second kappa shape index (κ2) is 6.93. The minimum Gasteiger partial charge on any atom is -0.354 e. The van der Waals surface area contributed by atoms with Gasteiger partial charge >= 0.3 is 0 Å². The molecule has 2 fully saturated rings. The molecule has 0 unspecified atom stereocenters. The van der Waals surface area contributed by atoms with Gasteiger partial charge < -0.3 is 10.2 Å². The zero-order valence-electron chi connectivity index (χ0n) is 11.2. The number of aromatic nitrogens is 1. The van der Waals surface area contributed by atoms with Gasteiger partial charge in [0.25, 0.3) is 11.1 Å². The third-order valence-corrected chi connectivity index (χ3v) is 3.97. The van der Waals surface area contributed by atoms with Crippen LogP contribution in [0.4, 0.5) is 10.6 Å². The molecule has 1 aromatic heterocycles. The highest BCUT2D eigenvalue weighted by Gasteiger charge is 2.25. The summed E-state index contributed by atoms with van der Waals surface area (Å²) in [6.45, 7) is 3.59. The highest BCUT2D eigenvalue weighted by molar-refractivity contribution is 8.18. The number of halogens is 1. The number of piperazine rings is 1. The maximum absolute atomic E-state index is 11.6. The third-order valence-electron chi connectivity index (χ3n) is 3.16. The Morgan fingerprint density at radius 2 is 2.05 bits per heavy atom. The van der Waals surface area contributed by atoms with E-state index in [1.807, 2.05) is 12.1 Å². The van der Waals surface area contributed by atoms with E-state index in [2.05, 4.69) is 20.5 Å². The van der Waals surface area contributed by atoms with E-state index in [-0.39, 0.29) is 23.6 Å². The second-order valence-corrected chi connectivity index (χ2v) is 5.52. The number of rotatable bonds is 2. The van der Waals surface area contributed by atoms with Crippen LogP contribution in [0.1, 0.15) is 5.56 Å². The smallest absolute Gasteiger partial charge is 0.290 e. The Hall–Kier alpha value is -1.57. The number of anilines is 1. The topological polar surface area (TPSA) is 74.3 Å². The van der Waals surface area contributed by atoms with Crippen LogP contribution in [0.3, 0.4) is 0 Å². The van der Waals surface area contributed by atoms with Gasteiger partial charge in [-0.05, 0) is 30.0 Å². The molecule has 2 amide bonds. The first kappa shape index (κ1) is 15.8. The van der Waals surface area contributed by atoms with Crippen molar-refractivity contribution < 1.29 is 9.59 Å². The maximum atomic E-state index is 11.6. The Morgan fingerprint density at radius 3 is 2.71 bits per heavy atom. The van der Waals surface area contributed by atoms with Crippen molar-refractivity contribution in [2.75, 3.05) is 31.1 Å². The predicted octanol–water partition coefficient (Wildman–Crippen LogP) is 1.24. The van der Waals surface area contributed by atoms with Crippen LogP contribution in [0.25, 0.3) is 6.08 Å². The Balaban J connectivity index is 0.00000161. The first-order valence-corrected chi connectivity index (χ1v) is 7.21. The van der Waals surface area contributed by atoms with Gasteiger partial charge in [0.15, 0.2) is 0 Å². The number of amides is 2. The molecule has 0 atom stereocenters. The molecule has 21 heavy (non-hydrogen) atoms. The molecule has 0 aromatic carbocycles. The zero-order valence-corrected chi connectivity index (χ0v) is 12.8. The van der Waals surface area contributed by atoms with Crippen LogP contribution >= 0.6 is 24.2 Å². The van der Waals surface area contributed by atoms with Crippen molar-refractivity contribution in [3.63, 3.8) is 0 Å². The SMILES string of the molecule is Cl.O=C1NC(=O)C(=Cc2cccnc2N2CCNCC2)S1. The lowest BCUT2D eigenvalue weighted by Crippen LogP contribution is -2.44. The quantitative estimate of drug-likeness (QED) is 0.797. The molecule has 0 saturated carbocycles. The number of thioether (sulfide) groups is 1. The average molecular weight is 327 g/mol. The van der Waals surface area contributed by atoms with Crippen molar-refractivity contribution in [3.05, 3.63) is 28.8 Å². The fourth-order valence-corrected chi connectivity index (χ4v) is 2.90. The average Bonchev–Trinajstić information content (AvgIpc) is 2.78. The molecule has 3 heterocycles. The minimum atomic E-state index is -0.338. The third kappa shape index (κ3) is 3.55. The van der Waals surface area contributed by atoms with Crippen LogP contribution in [0.5, 0.6) is 0 Å². The van der Waals surface area contributed by atoms with Crippen LogP contribution in [-0.2, 0) is 4.79 Å². The number of nitrogens with zero attached hydrogens (tertiary/aromatic N) is 2. The summed E-state index contributed by atoms with van der Waals surface area (Å²) < 4.78 is 0. The molecule has 2 aliphatic heterocycles. The van der Waals surface area contributed by atoms with Gasteiger partial charge in [-0.25, -0.2) is 4.98 Å². The maximum Gasteiger partial charge on any atom is 0.290 e. The number of carbonyl (C=O) groups excluding carboxylic acids is 2. The Morgan fingerprint density at radius 1 is 1.29 bits per heavy atom. The summed E-state index contributed by atoms with van der Waals surface area (Å²) in [5, 5.41) is 5.23. The highest BCUT2D eigenvalue weighted by atomic mass is 35.5. The van der Waals surface area contributed by atoms with Crippen LogP contribution in [-0.4, -0.2) is 42.3 Å². The van der Waals surface area contributed by atoms with E-state index in [1.165, 1.54) is 0 Å². The van der Waals surface area contributed by atoms with Crippen molar-refractivity contribution in [2.45, 2.75) is 0 Å². The van der Waals surface area contributed by atoms with Gasteiger partial charge in [-0.3, -0.25) is 14.9 Å². The first-order valence-electron chi connectivity index (χ1n) is 6.39. The van der Waals surface area contributed by atoms with Crippen LogP contribution in [0.2, 0.25) is 0 Å². The fourth-order valence-electron chi connectivity index (χ4n) is 2.23. The summed E-state index contributed by atoms with van der Waals surface area (Å²) in [4.78, 5) is 29.8. The van der Waals surface area contributed by atoms with E-state index in [0.29, 0.717) is 4.91 Å². The highest BCUT2D eigenvalue weighted by Crippen LogP contribution is 2.28. The molecule has 2 saturated heterocycles. The second-order valence-electron chi connectivity index (χ2n) is 4.51. The molecule has 0 spiro atoms. The number of imide groups is 1. The predicted molar refractivity (Wildman–Crippen MR) is 85.7 cm³/mol. The molecule has 6 nitrogen and oxygen atoms in total. The van der Waals surface area contributed by atoms with Gasteiger partial charge in [0.05, 0.1) is 4.91 Å². The molecular weight excluding hydrogens is 312 g/mol. The molecule has 112 valence electrons. The van der Waals surface area contributed by atoms with Crippen molar-refractivity contribution >= 4 is 47.2 Å². The van der Waals surface area contributed by atoms with Gasteiger partial charge in [0, 0.05) is 37.9 Å². The molecule has 1 aromatic rings. The normalized spacial score (nSPS) is 20.4. The monoisotopic (exact) mass is 326 g/mol. The first-order chi connectivity index (χ1) is 9.74. The standard InChI is InChI=1S/C13H14N4O2S.ClH/c18-12-10(20-13(19)16-12)8-9-2-1-3-15-11(9)17-6-4-14-5-7-17;/h1-3,8,14H,4-7H2,(H,16,18,19);1H. The summed E-state index contributed by atoms with van der Waals surface area (Å²) in [5.74, 6) is 0.518. The van der Waals surface area contributed by atoms with E-state index < -0.39 is 0 Å². The summed E-state index contributed by atoms with van der Waals surface area (Å²) in [6, 6.07) is 3.74. The Labute approximate surface area is 132 Å². The molecule has 8 heteroatoms. The molecule has 0 aliphatic carbocycles. The van der Waals surface area contributed by atoms with Gasteiger partial charge in [-0.1, -0.05) is 0 Å². The van der Waals surface area contributed by atoms with Crippen LogP contribution in [0.15, 0.2) is 23.2 Å². The molecular formula is C13H15ClN4O2S. The van der Waals surface area contributed by atoms with Crippen LogP contribution in [0, 0.1) is 0 Å². The lowest BCUT2D eigenvalue weighted by Gasteiger charge is -2.29. The van der Waals surface area contributed by atoms with Crippen molar-refractivity contribution in [3.8, 4) is 0 Å². The Kier molecular flexibility index (Phi) is 5.22. The summed E-state index contributed by atoms with van der Waals surface area (Å²) in [7, 11) is 0. The molecule has 2 N–H and O–H groups in total. The van der Waals surface area contributed by atoms with Crippen molar-refractivity contribution in [2.24, 2.45) is 0 Å². The summed E-state index contributed by atoms with van der Waals surface area (Å²) >= 11 is 0.927. The Bertz CT molecular complexity index is 587. The van der Waals surface area contributed by atoms with Gasteiger partial charge in [-0.2, -0.15) is 0 Å². The zero-order chi connectivity index (χ0) is 13.9. The van der Waals surface area contributed by atoms with Crippen molar-refractivity contribution in [1.82, 2.24) is 15.6 Å². The summed E-state index contributed by atoms with van der Waals surface area (Å²) in [6.07, 6.45) is 3.47. The lowest BCUT2D eigenvalue weighted by atomic mass is 10.2. The van der Waals surface area contributed by atoms with E-state index in [1.54, 1.807) is 12.3 Å². The van der Waals surface area contributed by atoms with E-state index in [0.717, 1.165) is 49.3 Å². The fraction of sp³-hybridized carbons (Fsp3) is 0.308. The number of pyridine rings is 1. The van der Waals surface area contributed by atoms with Gasteiger partial charge in [-0.15, -0.1) is 12.4 Å². The minimum absolute atomic E-state index is 0. The number of hydrogen-bond donors (Lipinski definition) is 2. The van der Waals surface area contributed by atoms with E-state index in [9.17, 15) is 9.59 Å². The van der Waals surface area contributed by atoms with Gasteiger partial charge in [0.1, 0.15) is 5.82 Å². The summed E-state index contributed by atoms with van der Waals surface area (Å²) in [5.41, 5.74) is 0.863. The van der Waals surface area contributed by atoms with Crippen LogP contribution < -0.4 is 15.5 Å². The largest absolute Gasteiger partial charge is 0.354 e. The lowest BCUT2D eigenvalue weighted by molar-refractivity contribution is -0.115. The number of carbonyl (C=O) groups is 2. The number of nitrogens with one attached hydrogen (secondary N) is 2. The molecule has 2 aliphatic rings.